The summed E-state index contributed by atoms with van der Waals surface area (Å²) in [6.45, 7) is 5.93. The fraction of sp³-hybridized carbons (Fsp3) is 0.378. The normalized spacial score (nSPS) is 17.7. The number of carbonyl (C=O) groups excluding carboxylic acids is 1. The number of rotatable bonds is 8. The van der Waals surface area contributed by atoms with E-state index < -0.39 is 11.7 Å². The van der Waals surface area contributed by atoms with Gasteiger partial charge in [-0.05, 0) is 80.3 Å². The molecule has 5 aromatic rings. The topological polar surface area (TPSA) is 150 Å². The number of nitrogens with zero attached hydrogens (tertiary/aromatic N) is 6. The molecular formula is C37H41N7O5. The van der Waals surface area contributed by atoms with Crippen LogP contribution >= 0.6 is 0 Å². The van der Waals surface area contributed by atoms with Gasteiger partial charge in [-0.25, -0.2) is 14.5 Å². The predicted molar refractivity (Wildman–Crippen MR) is 184 cm³/mol. The van der Waals surface area contributed by atoms with Gasteiger partial charge in [0.25, 0.3) is 5.91 Å². The second kappa shape index (κ2) is 13.4. The Bertz CT molecular complexity index is 1970. The number of hydrogen-bond acceptors (Lipinski definition) is 7. The highest BCUT2D eigenvalue weighted by atomic mass is 16.5. The molecule has 3 N–H and O–H groups in total. The zero-order chi connectivity index (χ0) is 34.1. The molecule has 0 saturated carbocycles. The van der Waals surface area contributed by atoms with Crippen molar-refractivity contribution in [2.45, 2.75) is 64.3 Å². The van der Waals surface area contributed by atoms with Gasteiger partial charge in [-0.15, -0.1) is 0 Å². The second-order valence-corrected chi connectivity index (χ2v) is 12.9. The first-order valence-corrected chi connectivity index (χ1v) is 16.9. The molecule has 2 aliphatic heterocycles. The Morgan fingerprint density at radius 1 is 1.08 bits per heavy atom. The van der Waals surface area contributed by atoms with E-state index in [1.807, 2.05) is 61.0 Å². The van der Waals surface area contributed by atoms with Crippen LogP contribution < -0.4 is 0 Å². The van der Waals surface area contributed by atoms with Crippen molar-refractivity contribution in [2.24, 2.45) is 0 Å². The largest absolute Gasteiger partial charge is 0.465 e. The predicted octanol–water partition coefficient (Wildman–Crippen LogP) is 6.12. The number of carboxylic acid groups (broad SMARTS) is 1. The Morgan fingerprint density at radius 3 is 2.59 bits per heavy atom. The van der Waals surface area contributed by atoms with Crippen LogP contribution in [-0.4, -0.2) is 83.0 Å². The molecule has 49 heavy (non-hydrogen) atoms. The lowest BCUT2D eigenvalue weighted by atomic mass is 9.84. The second-order valence-electron chi connectivity index (χ2n) is 12.9. The van der Waals surface area contributed by atoms with Crippen LogP contribution in [0.25, 0.3) is 33.5 Å². The van der Waals surface area contributed by atoms with Crippen molar-refractivity contribution in [3.63, 3.8) is 0 Å². The smallest absolute Gasteiger partial charge is 0.407 e. The third-order valence-electron chi connectivity index (χ3n) is 10.00. The number of H-pyrrole nitrogens is 1. The SMILES string of the molecule is CCN(Cc1cncc(-c2ccc3c(c2)c(-c2ncc(C(=O)N4CCC(O)(c5ccccc5)CC4)[nH]2)nn3C2CCCCO2)c1C)C(=O)O. The summed E-state index contributed by atoms with van der Waals surface area (Å²) < 4.78 is 8.05. The monoisotopic (exact) mass is 663 g/mol. The molecule has 12 heteroatoms. The van der Waals surface area contributed by atoms with E-state index in [1.54, 1.807) is 23.5 Å². The van der Waals surface area contributed by atoms with Gasteiger partial charge in [0, 0.05) is 49.6 Å². The molecular weight excluding hydrogens is 622 g/mol. The number of amides is 2. The number of imidazole rings is 1. The number of benzene rings is 2. The Hall–Kier alpha value is -5.07. The quantitative estimate of drug-likeness (QED) is 0.180. The first kappa shape index (κ1) is 32.5. The molecule has 254 valence electrons. The molecule has 2 fully saturated rings. The van der Waals surface area contributed by atoms with Gasteiger partial charge in [-0.2, -0.15) is 5.10 Å². The summed E-state index contributed by atoms with van der Waals surface area (Å²) in [5, 5.41) is 26.7. The minimum atomic E-state index is -0.971. The van der Waals surface area contributed by atoms with Gasteiger partial charge >= 0.3 is 6.09 Å². The molecule has 3 aromatic heterocycles. The van der Waals surface area contributed by atoms with Crippen molar-refractivity contribution in [2.75, 3.05) is 26.2 Å². The lowest BCUT2D eigenvalue weighted by molar-refractivity contribution is -0.0365. The van der Waals surface area contributed by atoms with Gasteiger partial charge in [0.15, 0.2) is 12.1 Å². The third kappa shape index (κ3) is 6.29. The van der Waals surface area contributed by atoms with E-state index in [1.165, 1.54) is 4.90 Å². The maximum absolute atomic E-state index is 13.6. The average molecular weight is 664 g/mol. The lowest BCUT2D eigenvalue weighted by Gasteiger charge is -2.38. The van der Waals surface area contributed by atoms with Crippen molar-refractivity contribution >= 4 is 22.9 Å². The number of nitrogens with one attached hydrogen (secondary N) is 1. The van der Waals surface area contributed by atoms with E-state index in [-0.39, 0.29) is 18.7 Å². The third-order valence-corrected chi connectivity index (χ3v) is 10.00. The van der Waals surface area contributed by atoms with Crippen molar-refractivity contribution in [1.29, 1.82) is 0 Å². The minimum absolute atomic E-state index is 0.171. The molecule has 2 amide bonds. The fourth-order valence-corrected chi connectivity index (χ4v) is 7.00. The summed E-state index contributed by atoms with van der Waals surface area (Å²) >= 11 is 0. The first-order valence-electron chi connectivity index (χ1n) is 16.9. The number of hydrogen-bond donors (Lipinski definition) is 3. The number of ether oxygens (including phenoxy) is 1. The average Bonchev–Trinajstić information content (AvgIpc) is 3.77. The van der Waals surface area contributed by atoms with Crippen LogP contribution in [-0.2, 0) is 16.9 Å². The number of aliphatic hydroxyl groups is 1. The van der Waals surface area contributed by atoms with Crippen LogP contribution in [0, 0.1) is 6.92 Å². The Morgan fingerprint density at radius 2 is 1.88 bits per heavy atom. The van der Waals surface area contributed by atoms with Crippen molar-refractivity contribution in [1.82, 2.24) is 34.5 Å². The highest BCUT2D eigenvalue weighted by molar-refractivity contribution is 5.97. The highest BCUT2D eigenvalue weighted by Gasteiger charge is 2.36. The Labute approximate surface area is 284 Å². The number of likely N-dealkylation sites (tertiary alicyclic amines) is 1. The van der Waals surface area contributed by atoms with E-state index in [0.717, 1.165) is 58.0 Å². The van der Waals surface area contributed by atoms with E-state index in [4.69, 9.17) is 9.84 Å². The van der Waals surface area contributed by atoms with Gasteiger partial charge in [-0.3, -0.25) is 9.78 Å². The number of aromatic amines is 1. The van der Waals surface area contributed by atoms with Crippen LogP contribution in [0.1, 0.15) is 72.4 Å². The van der Waals surface area contributed by atoms with Gasteiger partial charge in [0.2, 0.25) is 0 Å². The van der Waals surface area contributed by atoms with Crippen LogP contribution in [0.5, 0.6) is 0 Å². The maximum Gasteiger partial charge on any atom is 0.407 e. The van der Waals surface area contributed by atoms with Gasteiger partial charge < -0.3 is 29.7 Å². The first-order chi connectivity index (χ1) is 23.8. The minimum Gasteiger partial charge on any atom is -0.465 e. The molecule has 0 bridgehead atoms. The summed E-state index contributed by atoms with van der Waals surface area (Å²) in [7, 11) is 0. The van der Waals surface area contributed by atoms with Crippen molar-refractivity contribution in [3.8, 4) is 22.6 Å². The highest BCUT2D eigenvalue weighted by Crippen LogP contribution is 2.37. The van der Waals surface area contributed by atoms with Crippen molar-refractivity contribution in [3.05, 3.63) is 89.5 Å². The van der Waals surface area contributed by atoms with Crippen LogP contribution in [0.15, 0.2) is 67.1 Å². The zero-order valence-electron chi connectivity index (χ0n) is 27.8. The molecule has 1 unspecified atom stereocenters. The number of aromatic nitrogens is 5. The standard InChI is InChI=1S/C37H41N7O5/c1-3-42(36(46)47)23-26-20-38-21-29(24(26)2)25-12-13-31-28(19-25)33(41-44(31)32-11-7-8-18-49-32)34-39-22-30(40-34)35(45)43-16-14-37(48,15-17-43)27-9-5-4-6-10-27/h4-6,9-10,12-13,19-22,32,48H,3,7-8,11,14-18,23H2,1-2H3,(H,39,40)(H,46,47). The van der Waals surface area contributed by atoms with Crippen LogP contribution in [0.2, 0.25) is 0 Å². The number of piperidine rings is 1. The summed E-state index contributed by atoms with van der Waals surface area (Å²) in [6, 6.07) is 15.7. The molecule has 0 spiro atoms. The van der Waals surface area contributed by atoms with Crippen LogP contribution in [0.3, 0.4) is 0 Å². The van der Waals surface area contributed by atoms with Gasteiger partial charge in [0.1, 0.15) is 11.4 Å². The molecule has 2 aromatic carbocycles. The zero-order valence-corrected chi connectivity index (χ0v) is 27.8. The molecule has 12 nitrogen and oxygen atoms in total. The van der Waals surface area contributed by atoms with Crippen LogP contribution in [0.4, 0.5) is 4.79 Å². The van der Waals surface area contributed by atoms with Crippen molar-refractivity contribution < 1.29 is 24.5 Å². The molecule has 0 aliphatic carbocycles. The number of pyridine rings is 1. The fourth-order valence-electron chi connectivity index (χ4n) is 7.00. The maximum atomic E-state index is 13.6. The molecule has 5 heterocycles. The number of fused-ring (bicyclic) bond motifs is 1. The lowest BCUT2D eigenvalue weighted by Crippen LogP contribution is -2.45. The van der Waals surface area contributed by atoms with E-state index in [9.17, 15) is 19.8 Å². The Kier molecular flexibility index (Phi) is 8.91. The molecule has 1 atom stereocenters. The molecule has 7 rings (SSSR count). The summed E-state index contributed by atoms with van der Waals surface area (Å²) in [6.07, 6.45) is 7.68. The van der Waals surface area contributed by atoms with E-state index in [2.05, 4.69) is 21.0 Å². The molecule has 2 aliphatic rings. The van der Waals surface area contributed by atoms with E-state index >= 15 is 0 Å². The Balaban J connectivity index is 1.20. The van der Waals surface area contributed by atoms with Gasteiger partial charge in [0.05, 0.1) is 23.9 Å². The van der Waals surface area contributed by atoms with Gasteiger partial charge in [-0.1, -0.05) is 36.4 Å². The molecule has 0 radical (unpaired) electrons. The molecule has 2 saturated heterocycles. The number of carbonyl (C=O) groups is 2. The summed E-state index contributed by atoms with van der Waals surface area (Å²) in [4.78, 5) is 40.8. The summed E-state index contributed by atoms with van der Waals surface area (Å²) in [5.41, 5.74) is 5.35. The summed E-state index contributed by atoms with van der Waals surface area (Å²) in [5.74, 6) is 0.302. The van der Waals surface area contributed by atoms with E-state index in [0.29, 0.717) is 56.3 Å².